The van der Waals surface area contributed by atoms with Crippen LogP contribution in [0.1, 0.15) is 32.1 Å². The molecule has 0 aromatic carbocycles. The largest absolute Gasteiger partial charge is 0.299 e. The SMILES string of the molecule is O=C1C2CCCC1CC(C(=O)N(c1ccccn1)c1ccccn1)C2. The first-order chi connectivity index (χ1) is 12.2. The van der Waals surface area contributed by atoms with Crippen molar-refractivity contribution in [3.63, 3.8) is 0 Å². The molecule has 2 aliphatic rings. The Bertz CT molecular complexity index is 708. The molecule has 2 aromatic rings. The Labute approximate surface area is 147 Å². The molecule has 2 bridgehead atoms. The number of ketones is 1. The Morgan fingerprint density at radius 3 is 1.96 bits per heavy atom. The fraction of sp³-hybridized carbons (Fsp3) is 0.400. The van der Waals surface area contributed by atoms with Gasteiger partial charge in [-0.25, -0.2) is 14.9 Å². The second kappa shape index (κ2) is 6.75. The van der Waals surface area contributed by atoms with Gasteiger partial charge in [0, 0.05) is 30.1 Å². The zero-order valence-electron chi connectivity index (χ0n) is 14.0. The maximum atomic E-state index is 13.4. The van der Waals surface area contributed by atoms with E-state index >= 15 is 0 Å². The first-order valence-corrected chi connectivity index (χ1v) is 8.94. The molecule has 0 saturated heterocycles. The van der Waals surface area contributed by atoms with Crippen LogP contribution in [0.3, 0.4) is 0 Å². The molecule has 1 amide bonds. The molecule has 5 heteroatoms. The second-order valence-electron chi connectivity index (χ2n) is 6.94. The lowest BCUT2D eigenvalue weighted by Gasteiger charge is -2.38. The molecule has 0 spiro atoms. The third kappa shape index (κ3) is 3.06. The highest BCUT2D eigenvalue weighted by molar-refractivity contribution is 6.01. The van der Waals surface area contributed by atoms with E-state index in [1.807, 2.05) is 36.4 Å². The molecule has 5 nitrogen and oxygen atoms in total. The normalized spacial score (nSPS) is 25.4. The summed E-state index contributed by atoms with van der Waals surface area (Å²) >= 11 is 0. The number of rotatable bonds is 3. The van der Waals surface area contributed by atoms with Crippen molar-refractivity contribution in [2.24, 2.45) is 17.8 Å². The molecule has 2 heterocycles. The molecule has 128 valence electrons. The first kappa shape index (κ1) is 15.9. The fourth-order valence-electron chi connectivity index (χ4n) is 4.18. The molecule has 2 unspecified atom stereocenters. The molecule has 2 saturated carbocycles. The van der Waals surface area contributed by atoms with Gasteiger partial charge in [-0.1, -0.05) is 18.6 Å². The maximum Gasteiger partial charge on any atom is 0.237 e. The highest BCUT2D eigenvalue weighted by Crippen LogP contribution is 2.41. The van der Waals surface area contributed by atoms with Gasteiger partial charge in [0.15, 0.2) is 0 Å². The van der Waals surface area contributed by atoms with Crippen LogP contribution in [0.2, 0.25) is 0 Å². The number of amides is 1. The summed E-state index contributed by atoms with van der Waals surface area (Å²) in [6.07, 6.45) is 7.62. The molecule has 0 aliphatic heterocycles. The zero-order chi connectivity index (χ0) is 17.2. The summed E-state index contributed by atoms with van der Waals surface area (Å²) in [7, 11) is 0. The standard InChI is InChI=1S/C20H21N3O2/c24-19-14-6-5-7-15(19)13-16(12-14)20(25)23(17-8-1-3-10-21-17)18-9-2-4-11-22-18/h1-4,8-11,14-16H,5-7,12-13H2. The summed E-state index contributed by atoms with van der Waals surface area (Å²) in [6, 6.07) is 11.0. The lowest BCUT2D eigenvalue weighted by Crippen LogP contribution is -2.43. The number of aromatic nitrogens is 2. The van der Waals surface area contributed by atoms with Gasteiger partial charge in [-0.3, -0.25) is 9.59 Å². The van der Waals surface area contributed by atoms with Gasteiger partial charge in [-0.2, -0.15) is 0 Å². The summed E-state index contributed by atoms with van der Waals surface area (Å²) in [5.41, 5.74) is 0. The van der Waals surface area contributed by atoms with E-state index in [9.17, 15) is 9.59 Å². The minimum Gasteiger partial charge on any atom is -0.299 e. The smallest absolute Gasteiger partial charge is 0.237 e. The Hall–Kier alpha value is -2.56. The quantitative estimate of drug-likeness (QED) is 0.861. The van der Waals surface area contributed by atoms with Gasteiger partial charge in [-0.15, -0.1) is 0 Å². The highest BCUT2D eigenvalue weighted by Gasteiger charge is 2.43. The molecule has 2 aliphatic carbocycles. The van der Waals surface area contributed by atoms with Crippen LogP contribution < -0.4 is 4.90 Å². The summed E-state index contributed by atoms with van der Waals surface area (Å²) in [6.45, 7) is 0. The average molecular weight is 335 g/mol. The average Bonchev–Trinajstić information content (AvgIpc) is 2.63. The van der Waals surface area contributed by atoms with Crippen LogP contribution in [0, 0.1) is 17.8 Å². The summed E-state index contributed by atoms with van der Waals surface area (Å²) in [4.78, 5) is 36.0. The van der Waals surface area contributed by atoms with Gasteiger partial charge in [0.25, 0.3) is 0 Å². The van der Waals surface area contributed by atoms with Crippen molar-refractivity contribution in [3.8, 4) is 0 Å². The molecule has 4 rings (SSSR count). The Morgan fingerprint density at radius 1 is 0.920 bits per heavy atom. The van der Waals surface area contributed by atoms with Gasteiger partial charge in [0.2, 0.25) is 5.91 Å². The second-order valence-corrected chi connectivity index (χ2v) is 6.94. The van der Waals surface area contributed by atoms with Crippen LogP contribution in [0.5, 0.6) is 0 Å². The predicted octanol–water partition coefficient (Wildman–Crippen LogP) is 3.54. The minimum absolute atomic E-state index is 0.00167. The van der Waals surface area contributed by atoms with Crippen molar-refractivity contribution in [2.75, 3.05) is 4.90 Å². The number of anilines is 2. The number of Topliss-reactive ketones (excluding diaryl/α,β-unsaturated/α-hetero) is 1. The molecular weight excluding hydrogens is 314 g/mol. The van der Waals surface area contributed by atoms with Crippen LogP contribution in [-0.2, 0) is 9.59 Å². The Balaban J connectivity index is 1.66. The third-order valence-corrected chi connectivity index (χ3v) is 5.37. The van der Waals surface area contributed by atoms with E-state index in [4.69, 9.17) is 0 Å². The van der Waals surface area contributed by atoms with Crippen LogP contribution in [0.4, 0.5) is 11.6 Å². The van der Waals surface area contributed by atoms with Gasteiger partial charge >= 0.3 is 0 Å². The number of carbonyl (C=O) groups is 2. The monoisotopic (exact) mass is 335 g/mol. The van der Waals surface area contributed by atoms with E-state index in [0.29, 0.717) is 30.3 Å². The summed E-state index contributed by atoms with van der Waals surface area (Å²) in [5, 5.41) is 0. The van der Waals surface area contributed by atoms with Gasteiger partial charge < -0.3 is 0 Å². The minimum atomic E-state index is -0.142. The number of carbonyl (C=O) groups excluding carboxylic acids is 2. The molecule has 25 heavy (non-hydrogen) atoms. The summed E-state index contributed by atoms with van der Waals surface area (Å²) < 4.78 is 0. The molecule has 0 radical (unpaired) electrons. The van der Waals surface area contributed by atoms with Crippen molar-refractivity contribution >= 4 is 23.3 Å². The molecular formula is C20H21N3O2. The van der Waals surface area contributed by atoms with Crippen molar-refractivity contribution in [1.82, 2.24) is 9.97 Å². The predicted molar refractivity (Wildman–Crippen MR) is 94.2 cm³/mol. The number of pyridine rings is 2. The van der Waals surface area contributed by atoms with E-state index < -0.39 is 0 Å². The van der Waals surface area contributed by atoms with Gasteiger partial charge in [0.1, 0.15) is 17.4 Å². The number of nitrogens with zero attached hydrogens (tertiary/aromatic N) is 3. The maximum absolute atomic E-state index is 13.4. The van der Waals surface area contributed by atoms with Gasteiger partial charge in [-0.05, 0) is 49.9 Å². The molecule has 2 fully saturated rings. The van der Waals surface area contributed by atoms with E-state index in [0.717, 1.165) is 19.3 Å². The Kier molecular flexibility index (Phi) is 4.30. The van der Waals surface area contributed by atoms with E-state index in [2.05, 4.69) is 9.97 Å². The van der Waals surface area contributed by atoms with Crippen molar-refractivity contribution in [2.45, 2.75) is 32.1 Å². The number of hydrogen-bond donors (Lipinski definition) is 0. The van der Waals surface area contributed by atoms with Crippen molar-refractivity contribution in [1.29, 1.82) is 0 Å². The van der Waals surface area contributed by atoms with Crippen LogP contribution >= 0.6 is 0 Å². The number of fused-ring (bicyclic) bond motifs is 2. The molecule has 2 aromatic heterocycles. The number of hydrogen-bond acceptors (Lipinski definition) is 4. The first-order valence-electron chi connectivity index (χ1n) is 8.94. The van der Waals surface area contributed by atoms with Crippen LogP contribution in [0.15, 0.2) is 48.8 Å². The molecule has 0 N–H and O–H groups in total. The topological polar surface area (TPSA) is 63.2 Å². The Morgan fingerprint density at radius 2 is 1.48 bits per heavy atom. The zero-order valence-corrected chi connectivity index (χ0v) is 14.0. The van der Waals surface area contributed by atoms with Crippen LogP contribution in [-0.4, -0.2) is 21.7 Å². The third-order valence-electron chi connectivity index (χ3n) is 5.37. The van der Waals surface area contributed by atoms with Crippen molar-refractivity contribution < 1.29 is 9.59 Å². The summed E-state index contributed by atoms with van der Waals surface area (Å²) in [5.74, 6) is 1.49. The highest BCUT2D eigenvalue weighted by atomic mass is 16.2. The van der Waals surface area contributed by atoms with Crippen LogP contribution in [0.25, 0.3) is 0 Å². The van der Waals surface area contributed by atoms with E-state index in [-0.39, 0.29) is 23.7 Å². The molecule has 2 atom stereocenters. The fourth-order valence-corrected chi connectivity index (χ4v) is 4.18. The van der Waals surface area contributed by atoms with Gasteiger partial charge in [0.05, 0.1) is 0 Å². The van der Waals surface area contributed by atoms with E-state index in [1.165, 1.54) is 0 Å². The van der Waals surface area contributed by atoms with Crippen molar-refractivity contribution in [3.05, 3.63) is 48.8 Å². The lowest BCUT2D eigenvalue weighted by molar-refractivity contribution is -0.136. The lowest BCUT2D eigenvalue weighted by atomic mass is 9.67. The van der Waals surface area contributed by atoms with E-state index in [1.54, 1.807) is 17.3 Å².